The van der Waals surface area contributed by atoms with Crippen molar-refractivity contribution in [1.29, 1.82) is 5.26 Å². The van der Waals surface area contributed by atoms with E-state index in [9.17, 15) is 4.79 Å². The second-order valence-corrected chi connectivity index (χ2v) is 8.64. The predicted molar refractivity (Wildman–Crippen MR) is 110 cm³/mol. The first-order chi connectivity index (χ1) is 13.1. The molecule has 4 nitrogen and oxygen atoms in total. The highest BCUT2D eigenvalue weighted by Crippen LogP contribution is 2.36. The molecule has 0 amide bonds. The standard InChI is InChI=1S/C22H23N3OS/c1-14-6-5-7-16(12-14)20-24-21-19(22(26)25(20)11-4-3-10-23)17-9-8-15(2)13-18(17)27-21/h5-7,12,15H,3-4,8-9,11,13H2,1-2H3. The normalized spacial score (nSPS) is 16.3. The van der Waals surface area contributed by atoms with Gasteiger partial charge < -0.3 is 0 Å². The molecule has 0 radical (unpaired) electrons. The number of hydrogen-bond acceptors (Lipinski definition) is 4. The lowest BCUT2D eigenvalue weighted by Crippen LogP contribution is -2.24. The van der Waals surface area contributed by atoms with E-state index in [1.54, 1.807) is 15.9 Å². The first kappa shape index (κ1) is 17.9. The molecule has 0 saturated carbocycles. The third kappa shape index (κ3) is 3.30. The van der Waals surface area contributed by atoms with Crippen LogP contribution in [0.1, 0.15) is 42.2 Å². The average molecular weight is 378 g/mol. The van der Waals surface area contributed by atoms with E-state index in [-0.39, 0.29) is 5.56 Å². The molecule has 1 aliphatic carbocycles. The number of rotatable bonds is 4. The van der Waals surface area contributed by atoms with Crippen LogP contribution in [0, 0.1) is 24.2 Å². The van der Waals surface area contributed by atoms with Gasteiger partial charge in [0, 0.05) is 23.4 Å². The average Bonchev–Trinajstić information content (AvgIpc) is 3.01. The molecule has 1 unspecified atom stereocenters. The monoisotopic (exact) mass is 377 g/mol. The van der Waals surface area contributed by atoms with E-state index in [0.717, 1.165) is 46.4 Å². The van der Waals surface area contributed by atoms with Gasteiger partial charge in [0.15, 0.2) is 0 Å². The molecule has 138 valence electrons. The number of fused-ring (bicyclic) bond motifs is 3. The Labute approximate surface area is 163 Å². The molecule has 0 fully saturated rings. The molecule has 27 heavy (non-hydrogen) atoms. The Balaban J connectivity index is 1.94. The van der Waals surface area contributed by atoms with Crippen molar-refractivity contribution in [2.45, 2.75) is 52.5 Å². The third-order valence-corrected chi connectivity index (χ3v) is 6.51. The Kier molecular flexibility index (Phi) is 4.84. The van der Waals surface area contributed by atoms with Crippen LogP contribution >= 0.6 is 11.3 Å². The van der Waals surface area contributed by atoms with Crippen molar-refractivity contribution in [3.8, 4) is 17.5 Å². The van der Waals surface area contributed by atoms with Crippen molar-refractivity contribution in [1.82, 2.24) is 9.55 Å². The second kappa shape index (κ2) is 7.28. The molecule has 0 spiro atoms. The van der Waals surface area contributed by atoms with Crippen molar-refractivity contribution in [2.24, 2.45) is 5.92 Å². The van der Waals surface area contributed by atoms with Gasteiger partial charge in [-0.3, -0.25) is 9.36 Å². The highest BCUT2D eigenvalue weighted by Gasteiger charge is 2.24. The van der Waals surface area contributed by atoms with E-state index >= 15 is 0 Å². The molecule has 2 aromatic heterocycles. The second-order valence-electron chi connectivity index (χ2n) is 7.56. The van der Waals surface area contributed by atoms with Crippen LogP contribution in [0.5, 0.6) is 0 Å². The summed E-state index contributed by atoms with van der Waals surface area (Å²) in [6.07, 6.45) is 4.24. The number of aromatic nitrogens is 2. The molecular weight excluding hydrogens is 354 g/mol. The minimum absolute atomic E-state index is 0.0569. The molecule has 0 bridgehead atoms. The molecule has 0 aliphatic heterocycles. The number of aryl methyl sites for hydroxylation is 2. The van der Waals surface area contributed by atoms with Crippen molar-refractivity contribution in [3.05, 3.63) is 50.6 Å². The summed E-state index contributed by atoms with van der Waals surface area (Å²) >= 11 is 1.69. The molecule has 3 aromatic rings. The third-order valence-electron chi connectivity index (χ3n) is 5.36. The van der Waals surface area contributed by atoms with Gasteiger partial charge in [0.05, 0.1) is 11.5 Å². The summed E-state index contributed by atoms with van der Waals surface area (Å²) in [5.74, 6) is 1.39. The van der Waals surface area contributed by atoms with Gasteiger partial charge in [-0.1, -0.05) is 30.7 Å². The Morgan fingerprint density at radius 3 is 3.04 bits per heavy atom. The van der Waals surface area contributed by atoms with Crippen LogP contribution in [0.2, 0.25) is 0 Å². The molecule has 4 rings (SSSR count). The van der Waals surface area contributed by atoms with Crippen LogP contribution in [0.25, 0.3) is 21.6 Å². The first-order valence-corrected chi connectivity index (χ1v) is 10.4. The van der Waals surface area contributed by atoms with Crippen molar-refractivity contribution in [2.75, 3.05) is 0 Å². The number of unbranched alkanes of at least 4 members (excludes halogenated alkanes) is 1. The smallest absolute Gasteiger partial charge is 0.262 e. The fraction of sp³-hybridized carbons (Fsp3) is 0.409. The van der Waals surface area contributed by atoms with Crippen molar-refractivity contribution in [3.63, 3.8) is 0 Å². The van der Waals surface area contributed by atoms with Crippen molar-refractivity contribution < 1.29 is 0 Å². The Morgan fingerprint density at radius 1 is 1.41 bits per heavy atom. The van der Waals surface area contributed by atoms with E-state index < -0.39 is 0 Å². The Hall–Kier alpha value is -2.45. The number of nitriles is 1. The van der Waals surface area contributed by atoms with Crippen LogP contribution in [0.15, 0.2) is 29.1 Å². The minimum Gasteiger partial charge on any atom is -0.292 e. The highest BCUT2D eigenvalue weighted by molar-refractivity contribution is 7.18. The number of nitrogens with zero attached hydrogens (tertiary/aromatic N) is 3. The topological polar surface area (TPSA) is 58.7 Å². The maximum absolute atomic E-state index is 13.5. The maximum atomic E-state index is 13.5. The lowest BCUT2D eigenvalue weighted by atomic mass is 9.89. The van der Waals surface area contributed by atoms with Gasteiger partial charge >= 0.3 is 0 Å². The lowest BCUT2D eigenvalue weighted by Gasteiger charge is -2.18. The van der Waals surface area contributed by atoms with Crippen molar-refractivity contribution >= 4 is 21.6 Å². The summed E-state index contributed by atoms with van der Waals surface area (Å²) in [5.41, 5.74) is 3.38. The van der Waals surface area contributed by atoms with Gasteiger partial charge in [0.25, 0.3) is 5.56 Å². The molecule has 1 aliphatic rings. The van der Waals surface area contributed by atoms with E-state index in [2.05, 4.69) is 19.1 Å². The van der Waals surface area contributed by atoms with Gasteiger partial charge in [-0.2, -0.15) is 5.26 Å². The largest absolute Gasteiger partial charge is 0.292 e. The fourth-order valence-corrected chi connectivity index (χ4v) is 5.32. The zero-order chi connectivity index (χ0) is 19.0. The van der Waals surface area contributed by atoms with Crippen LogP contribution < -0.4 is 5.56 Å². The van der Waals surface area contributed by atoms with Gasteiger partial charge in [0.2, 0.25) is 0 Å². The summed E-state index contributed by atoms with van der Waals surface area (Å²) in [5, 5.41) is 9.72. The Bertz CT molecular complexity index is 1100. The minimum atomic E-state index is 0.0569. The zero-order valence-electron chi connectivity index (χ0n) is 15.8. The molecular formula is C22H23N3OS. The summed E-state index contributed by atoms with van der Waals surface area (Å²) in [6, 6.07) is 10.3. The summed E-state index contributed by atoms with van der Waals surface area (Å²) < 4.78 is 1.79. The van der Waals surface area contributed by atoms with Gasteiger partial charge in [-0.15, -0.1) is 11.3 Å². The molecule has 0 saturated heterocycles. The van der Waals surface area contributed by atoms with E-state index in [1.807, 2.05) is 25.1 Å². The highest BCUT2D eigenvalue weighted by atomic mass is 32.1. The molecule has 2 heterocycles. The van der Waals surface area contributed by atoms with Gasteiger partial charge in [0.1, 0.15) is 10.7 Å². The van der Waals surface area contributed by atoms with E-state index in [4.69, 9.17) is 10.2 Å². The quantitative estimate of drug-likeness (QED) is 0.610. The molecule has 0 N–H and O–H groups in total. The summed E-state index contributed by atoms with van der Waals surface area (Å²) in [4.78, 5) is 20.6. The number of thiophene rings is 1. The fourth-order valence-electron chi connectivity index (χ4n) is 3.95. The van der Waals surface area contributed by atoms with E-state index in [0.29, 0.717) is 25.3 Å². The Morgan fingerprint density at radius 2 is 2.26 bits per heavy atom. The summed E-state index contributed by atoms with van der Waals surface area (Å²) in [6.45, 7) is 4.85. The van der Waals surface area contributed by atoms with Crippen LogP contribution in [0.4, 0.5) is 0 Å². The SMILES string of the molecule is Cc1cccc(-c2nc3sc4c(c3c(=O)n2CCCC#N)CCC(C)C4)c1. The molecule has 1 atom stereocenters. The van der Waals surface area contributed by atoms with Crippen LogP contribution in [-0.4, -0.2) is 9.55 Å². The van der Waals surface area contributed by atoms with Gasteiger partial charge in [-0.05, 0) is 50.2 Å². The maximum Gasteiger partial charge on any atom is 0.262 e. The van der Waals surface area contributed by atoms with Crippen LogP contribution in [-0.2, 0) is 19.4 Å². The van der Waals surface area contributed by atoms with E-state index in [1.165, 1.54) is 10.4 Å². The summed E-state index contributed by atoms with van der Waals surface area (Å²) in [7, 11) is 0. The number of hydrogen-bond donors (Lipinski definition) is 0. The lowest BCUT2D eigenvalue weighted by molar-refractivity contribution is 0.509. The molecule has 5 heteroatoms. The molecule has 1 aromatic carbocycles. The zero-order valence-corrected chi connectivity index (χ0v) is 16.6. The van der Waals surface area contributed by atoms with Crippen LogP contribution in [0.3, 0.4) is 0 Å². The van der Waals surface area contributed by atoms with Gasteiger partial charge in [-0.25, -0.2) is 4.98 Å². The predicted octanol–water partition coefficient (Wildman–Crippen LogP) is 4.86. The number of benzene rings is 1. The first-order valence-electron chi connectivity index (χ1n) is 9.57.